The van der Waals surface area contributed by atoms with Crippen molar-refractivity contribution in [3.8, 4) is 11.5 Å². The van der Waals surface area contributed by atoms with Gasteiger partial charge < -0.3 is 19.9 Å². The summed E-state index contributed by atoms with van der Waals surface area (Å²) < 4.78 is 16.6. The summed E-state index contributed by atoms with van der Waals surface area (Å²) in [6, 6.07) is 5.85. The number of fused-ring (bicyclic) bond motifs is 1. The highest BCUT2D eigenvalue weighted by molar-refractivity contribution is 5.75. The van der Waals surface area contributed by atoms with Crippen LogP contribution in [-0.2, 0) is 16.1 Å². The van der Waals surface area contributed by atoms with Crippen molar-refractivity contribution in [3.63, 3.8) is 0 Å². The van der Waals surface area contributed by atoms with E-state index in [1.165, 1.54) is 0 Å². The Kier molecular flexibility index (Phi) is 6.48. The molecule has 122 valence electrons. The number of carbonyl (C=O) groups excluding carboxylic acids is 1. The summed E-state index contributed by atoms with van der Waals surface area (Å²) in [5.74, 6) is 1.21. The minimum atomic E-state index is -0.336. The lowest BCUT2D eigenvalue weighted by Crippen LogP contribution is -2.34. The van der Waals surface area contributed by atoms with Gasteiger partial charge in [-0.15, -0.1) is 0 Å². The molecule has 0 unspecified atom stereocenters. The molecule has 0 saturated heterocycles. The van der Waals surface area contributed by atoms with E-state index in [9.17, 15) is 4.79 Å². The van der Waals surface area contributed by atoms with Gasteiger partial charge in [0.05, 0.1) is 19.8 Å². The molecule has 0 fully saturated rings. The largest absolute Gasteiger partial charge is 0.490 e. The maximum atomic E-state index is 11.3. The van der Waals surface area contributed by atoms with Crippen LogP contribution in [0.5, 0.6) is 11.5 Å². The van der Waals surface area contributed by atoms with Crippen LogP contribution < -0.4 is 15.2 Å². The number of methoxy groups -OCH3 is 1. The Labute approximate surface area is 131 Å². The van der Waals surface area contributed by atoms with Gasteiger partial charge in [0.2, 0.25) is 5.91 Å². The minimum absolute atomic E-state index is 0.217. The zero-order chi connectivity index (χ0) is 15.8. The highest BCUT2D eigenvalue weighted by atomic mass is 16.5. The van der Waals surface area contributed by atoms with Crippen molar-refractivity contribution < 1.29 is 19.0 Å². The molecule has 2 rings (SSSR count). The van der Waals surface area contributed by atoms with E-state index in [0.717, 1.165) is 36.4 Å². The molecule has 6 nitrogen and oxygen atoms in total. The Morgan fingerprint density at radius 2 is 2.18 bits per heavy atom. The number of hydrogen-bond acceptors (Lipinski definition) is 5. The molecule has 0 atom stereocenters. The molecule has 1 heterocycles. The summed E-state index contributed by atoms with van der Waals surface area (Å²) in [6.07, 6.45) is 1.71. The average molecular weight is 308 g/mol. The third-order valence-corrected chi connectivity index (χ3v) is 3.45. The molecule has 1 amide bonds. The zero-order valence-electron chi connectivity index (χ0n) is 13.0. The molecule has 0 radical (unpaired) electrons. The van der Waals surface area contributed by atoms with Gasteiger partial charge in [-0.2, -0.15) is 0 Å². The fourth-order valence-corrected chi connectivity index (χ4v) is 2.49. The molecule has 0 aromatic heterocycles. The number of hydrogen-bond donors (Lipinski definition) is 1. The fraction of sp³-hybridized carbons (Fsp3) is 0.562. The van der Waals surface area contributed by atoms with Crippen LogP contribution in [0.15, 0.2) is 18.2 Å². The highest BCUT2D eigenvalue weighted by Crippen LogP contribution is 2.33. The quantitative estimate of drug-likeness (QED) is 0.730. The second kappa shape index (κ2) is 8.60. The number of nitrogens with zero attached hydrogens (tertiary/aromatic N) is 1. The van der Waals surface area contributed by atoms with Gasteiger partial charge in [0.1, 0.15) is 0 Å². The number of carbonyl (C=O) groups is 1. The summed E-state index contributed by atoms with van der Waals surface area (Å²) >= 11 is 0. The molecule has 0 spiro atoms. The van der Waals surface area contributed by atoms with Crippen LogP contribution in [0, 0.1) is 0 Å². The lowest BCUT2D eigenvalue weighted by molar-refractivity contribution is -0.119. The van der Waals surface area contributed by atoms with Crippen LogP contribution in [0.1, 0.15) is 18.4 Å². The Balaban J connectivity index is 2.09. The molecule has 0 saturated carbocycles. The lowest BCUT2D eigenvalue weighted by Gasteiger charge is -2.22. The van der Waals surface area contributed by atoms with Gasteiger partial charge in [-0.3, -0.25) is 9.69 Å². The Hall–Kier alpha value is -1.79. The van der Waals surface area contributed by atoms with Gasteiger partial charge in [-0.1, -0.05) is 12.1 Å². The number of benzene rings is 1. The highest BCUT2D eigenvalue weighted by Gasteiger charge is 2.17. The molecular formula is C16H24N2O4. The predicted molar refractivity (Wildman–Crippen MR) is 83.0 cm³/mol. The molecule has 2 N–H and O–H groups in total. The number of rotatable bonds is 8. The first-order chi connectivity index (χ1) is 10.7. The van der Waals surface area contributed by atoms with Crippen molar-refractivity contribution >= 4 is 5.91 Å². The first kappa shape index (κ1) is 16.6. The second-order valence-corrected chi connectivity index (χ2v) is 5.32. The minimum Gasteiger partial charge on any atom is -0.490 e. The van der Waals surface area contributed by atoms with Crippen molar-refractivity contribution in [2.75, 3.05) is 40.0 Å². The average Bonchev–Trinajstić information content (AvgIpc) is 2.73. The van der Waals surface area contributed by atoms with Gasteiger partial charge in [0.25, 0.3) is 0 Å². The monoisotopic (exact) mass is 308 g/mol. The smallest absolute Gasteiger partial charge is 0.231 e. The summed E-state index contributed by atoms with van der Waals surface area (Å²) in [7, 11) is 1.67. The third-order valence-electron chi connectivity index (χ3n) is 3.45. The third kappa shape index (κ3) is 4.89. The summed E-state index contributed by atoms with van der Waals surface area (Å²) in [5, 5.41) is 0. The molecule has 6 heteroatoms. The van der Waals surface area contributed by atoms with E-state index in [4.69, 9.17) is 19.9 Å². The van der Waals surface area contributed by atoms with Crippen LogP contribution in [-0.4, -0.2) is 50.8 Å². The lowest BCUT2D eigenvalue weighted by atomic mass is 10.1. The first-order valence-electron chi connectivity index (χ1n) is 7.58. The molecular weight excluding hydrogens is 284 g/mol. The van der Waals surface area contributed by atoms with Gasteiger partial charge in [0.15, 0.2) is 11.5 Å². The van der Waals surface area contributed by atoms with Gasteiger partial charge in [-0.05, 0) is 12.5 Å². The van der Waals surface area contributed by atoms with Gasteiger partial charge >= 0.3 is 0 Å². The standard InChI is InChI=1S/C16H24N2O4/c1-20-8-3-7-18(12-15(17)19)11-13-5-2-6-14-16(13)22-10-4-9-21-14/h2,5-6H,3-4,7-12H2,1H3,(H2,17,19). The molecule has 1 aromatic rings. The van der Waals surface area contributed by atoms with Crippen LogP contribution in [0.2, 0.25) is 0 Å². The molecule has 0 bridgehead atoms. The summed E-state index contributed by atoms with van der Waals surface area (Å²) in [6.45, 7) is 3.51. The maximum Gasteiger partial charge on any atom is 0.231 e. The van der Waals surface area contributed by atoms with Crippen molar-refractivity contribution in [1.82, 2.24) is 4.90 Å². The number of para-hydroxylation sites is 1. The Morgan fingerprint density at radius 3 is 2.95 bits per heavy atom. The second-order valence-electron chi connectivity index (χ2n) is 5.32. The van der Waals surface area contributed by atoms with Crippen molar-refractivity contribution in [2.24, 2.45) is 5.73 Å². The van der Waals surface area contributed by atoms with Gasteiger partial charge in [-0.25, -0.2) is 0 Å². The number of ether oxygens (including phenoxy) is 3. The van der Waals surface area contributed by atoms with E-state index in [1.807, 2.05) is 23.1 Å². The van der Waals surface area contributed by atoms with Gasteiger partial charge in [0, 0.05) is 38.8 Å². The van der Waals surface area contributed by atoms with Crippen LogP contribution in [0.25, 0.3) is 0 Å². The van der Waals surface area contributed by atoms with Crippen molar-refractivity contribution in [1.29, 1.82) is 0 Å². The van der Waals surface area contributed by atoms with Crippen molar-refractivity contribution in [3.05, 3.63) is 23.8 Å². The number of primary amides is 1. The van der Waals surface area contributed by atoms with Crippen LogP contribution in [0.3, 0.4) is 0 Å². The summed E-state index contributed by atoms with van der Waals surface area (Å²) in [4.78, 5) is 13.3. The van der Waals surface area contributed by atoms with E-state index < -0.39 is 0 Å². The Morgan fingerprint density at radius 1 is 1.36 bits per heavy atom. The predicted octanol–water partition coefficient (Wildman–Crippen LogP) is 1.17. The Bertz CT molecular complexity index is 493. The van der Waals surface area contributed by atoms with E-state index in [1.54, 1.807) is 7.11 Å². The number of amides is 1. The number of nitrogens with two attached hydrogens (primary N) is 1. The molecule has 1 aliphatic rings. The van der Waals surface area contributed by atoms with Crippen LogP contribution >= 0.6 is 0 Å². The van der Waals surface area contributed by atoms with E-state index in [-0.39, 0.29) is 12.5 Å². The normalized spacial score (nSPS) is 13.9. The molecule has 22 heavy (non-hydrogen) atoms. The zero-order valence-corrected chi connectivity index (χ0v) is 13.0. The van der Waals surface area contributed by atoms with E-state index in [0.29, 0.717) is 26.4 Å². The van der Waals surface area contributed by atoms with E-state index >= 15 is 0 Å². The summed E-state index contributed by atoms with van der Waals surface area (Å²) in [5.41, 5.74) is 6.36. The fourth-order valence-electron chi connectivity index (χ4n) is 2.49. The van der Waals surface area contributed by atoms with Crippen LogP contribution in [0.4, 0.5) is 0 Å². The van der Waals surface area contributed by atoms with Crippen molar-refractivity contribution in [2.45, 2.75) is 19.4 Å². The molecule has 0 aliphatic carbocycles. The first-order valence-corrected chi connectivity index (χ1v) is 7.58. The maximum absolute atomic E-state index is 11.3. The van der Waals surface area contributed by atoms with E-state index in [2.05, 4.69) is 0 Å². The topological polar surface area (TPSA) is 74.0 Å². The molecule has 1 aromatic carbocycles. The SMILES string of the molecule is COCCCN(CC(N)=O)Cc1cccc2c1OCCCO2. The molecule has 1 aliphatic heterocycles.